The monoisotopic (exact) mass is 278 g/mol. The molecule has 3 rings (SSSR count). The fourth-order valence-corrected chi connectivity index (χ4v) is 3.99. The van der Waals surface area contributed by atoms with Gasteiger partial charge in [-0.3, -0.25) is 4.99 Å². The minimum atomic E-state index is -0.204. The fraction of sp³-hybridized carbons (Fsp3) is 0.533. The molecule has 1 N–H and O–H groups in total. The molecule has 1 fully saturated rings. The van der Waals surface area contributed by atoms with Crippen LogP contribution < -0.4 is 5.32 Å². The lowest BCUT2D eigenvalue weighted by Crippen LogP contribution is -2.31. The molecule has 0 spiro atoms. The van der Waals surface area contributed by atoms with E-state index in [-0.39, 0.29) is 5.82 Å². The fourth-order valence-electron chi connectivity index (χ4n) is 2.84. The highest BCUT2D eigenvalue weighted by Crippen LogP contribution is 2.34. The lowest BCUT2D eigenvalue weighted by atomic mass is 9.86. The number of benzene rings is 1. The molecule has 1 heterocycles. The zero-order valence-electron chi connectivity index (χ0n) is 11.2. The number of hydrogen-bond acceptors (Lipinski definition) is 3. The van der Waals surface area contributed by atoms with Gasteiger partial charge < -0.3 is 5.32 Å². The second-order valence-electron chi connectivity index (χ2n) is 5.44. The summed E-state index contributed by atoms with van der Waals surface area (Å²) in [5.74, 6) is 1.69. The van der Waals surface area contributed by atoms with Gasteiger partial charge in [-0.05, 0) is 43.4 Å². The molecule has 0 aromatic heterocycles. The zero-order chi connectivity index (χ0) is 13.2. The first-order valence-electron chi connectivity index (χ1n) is 6.96. The summed E-state index contributed by atoms with van der Waals surface area (Å²) in [6.07, 6.45) is 5.16. The van der Waals surface area contributed by atoms with Gasteiger partial charge >= 0.3 is 0 Å². The van der Waals surface area contributed by atoms with E-state index in [9.17, 15) is 4.39 Å². The first-order valence-corrected chi connectivity index (χ1v) is 7.95. The molecule has 102 valence electrons. The van der Waals surface area contributed by atoms with E-state index < -0.39 is 0 Å². The third-order valence-electron chi connectivity index (χ3n) is 4.03. The number of aliphatic imine (C=N–C) groups is 1. The molecule has 2 aliphatic rings. The Hall–Kier alpha value is -1.03. The molecule has 2 nitrogen and oxygen atoms in total. The third-order valence-corrected chi connectivity index (χ3v) is 5.10. The molecule has 2 atom stereocenters. The summed E-state index contributed by atoms with van der Waals surface area (Å²) in [5, 5.41) is 4.25. The number of halogens is 1. The Bertz CT molecular complexity index is 501. The second kappa shape index (κ2) is 5.53. The summed E-state index contributed by atoms with van der Waals surface area (Å²) < 4.78 is 13.3. The number of anilines is 1. The maximum atomic E-state index is 13.3. The first-order chi connectivity index (χ1) is 9.22. The molecule has 1 aliphatic carbocycles. The van der Waals surface area contributed by atoms with Gasteiger partial charge in [-0.15, -0.1) is 0 Å². The number of rotatable bonds is 1. The van der Waals surface area contributed by atoms with Crippen molar-refractivity contribution >= 4 is 22.6 Å². The normalized spacial score (nSPS) is 26.5. The molecular formula is C15H19FN2S. The van der Waals surface area contributed by atoms with Crippen LogP contribution in [0.4, 0.5) is 10.1 Å². The predicted molar refractivity (Wildman–Crippen MR) is 80.4 cm³/mol. The predicted octanol–water partition coefficient (Wildman–Crippen LogP) is 4.21. The SMILES string of the molecule is Cc1ccc(F)cc1NC1=NC2CCCCC2CS1. The Morgan fingerprint density at radius 3 is 3.05 bits per heavy atom. The van der Waals surface area contributed by atoms with E-state index in [0.29, 0.717) is 6.04 Å². The van der Waals surface area contributed by atoms with Crippen LogP contribution >= 0.6 is 11.8 Å². The van der Waals surface area contributed by atoms with Crippen LogP contribution in [0.25, 0.3) is 0 Å². The minimum absolute atomic E-state index is 0.204. The average Bonchev–Trinajstić information content (AvgIpc) is 2.43. The molecule has 0 bridgehead atoms. The van der Waals surface area contributed by atoms with E-state index >= 15 is 0 Å². The van der Waals surface area contributed by atoms with Gasteiger partial charge in [0.15, 0.2) is 5.17 Å². The van der Waals surface area contributed by atoms with Crippen LogP contribution in [-0.2, 0) is 0 Å². The van der Waals surface area contributed by atoms with Gasteiger partial charge in [0, 0.05) is 11.4 Å². The number of thioether (sulfide) groups is 1. The van der Waals surface area contributed by atoms with Crippen molar-refractivity contribution in [3.8, 4) is 0 Å². The quantitative estimate of drug-likeness (QED) is 0.832. The van der Waals surface area contributed by atoms with Gasteiger partial charge in [0.05, 0.1) is 6.04 Å². The first kappa shape index (κ1) is 13.0. The molecule has 2 unspecified atom stereocenters. The van der Waals surface area contributed by atoms with Crippen molar-refractivity contribution in [1.29, 1.82) is 0 Å². The van der Waals surface area contributed by atoms with Gasteiger partial charge in [0.25, 0.3) is 0 Å². The van der Waals surface area contributed by atoms with Gasteiger partial charge in [0.2, 0.25) is 0 Å². The standard InChI is InChI=1S/C15H19FN2S/c1-10-6-7-12(16)8-14(10)18-15-17-13-5-3-2-4-11(13)9-19-15/h6-8,11,13H,2-5,9H2,1H3,(H,17,18). The van der Waals surface area contributed by atoms with Crippen molar-refractivity contribution in [2.45, 2.75) is 38.6 Å². The van der Waals surface area contributed by atoms with E-state index in [2.05, 4.69) is 5.32 Å². The van der Waals surface area contributed by atoms with Crippen LogP contribution in [0, 0.1) is 18.7 Å². The molecule has 19 heavy (non-hydrogen) atoms. The number of fused-ring (bicyclic) bond motifs is 1. The molecule has 4 heteroatoms. The summed E-state index contributed by atoms with van der Waals surface area (Å²) in [6.45, 7) is 1.99. The van der Waals surface area contributed by atoms with Crippen molar-refractivity contribution in [1.82, 2.24) is 0 Å². The Labute approximate surface area is 117 Å². The lowest BCUT2D eigenvalue weighted by molar-refractivity contribution is 0.336. The van der Waals surface area contributed by atoms with E-state index in [1.54, 1.807) is 23.9 Å². The highest BCUT2D eigenvalue weighted by molar-refractivity contribution is 8.14. The highest BCUT2D eigenvalue weighted by atomic mass is 32.2. The maximum Gasteiger partial charge on any atom is 0.161 e. The summed E-state index contributed by atoms with van der Waals surface area (Å²) in [7, 11) is 0. The summed E-state index contributed by atoms with van der Waals surface area (Å²) >= 11 is 1.77. The molecular weight excluding hydrogens is 259 g/mol. The maximum absolute atomic E-state index is 13.3. The van der Waals surface area contributed by atoms with E-state index in [4.69, 9.17) is 4.99 Å². The minimum Gasteiger partial charge on any atom is -0.335 e. The molecule has 0 radical (unpaired) electrons. The van der Waals surface area contributed by atoms with Crippen LogP contribution in [0.3, 0.4) is 0 Å². The van der Waals surface area contributed by atoms with Gasteiger partial charge in [0.1, 0.15) is 5.82 Å². The number of nitrogens with one attached hydrogen (secondary N) is 1. The van der Waals surface area contributed by atoms with Crippen molar-refractivity contribution < 1.29 is 4.39 Å². The number of amidine groups is 1. The molecule has 0 amide bonds. The zero-order valence-corrected chi connectivity index (χ0v) is 12.0. The summed E-state index contributed by atoms with van der Waals surface area (Å²) in [4.78, 5) is 4.82. The van der Waals surface area contributed by atoms with Crippen LogP contribution in [-0.4, -0.2) is 17.0 Å². The van der Waals surface area contributed by atoms with Crippen LogP contribution in [0.1, 0.15) is 31.2 Å². The Kier molecular flexibility index (Phi) is 3.78. The average molecular weight is 278 g/mol. The van der Waals surface area contributed by atoms with Crippen molar-refractivity contribution in [3.63, 3.8) is 0 Å². The van der Waals surface area contributed by atoms with Crippen LogP contribution in [0.2, 0.25) is 0 Å². The third kappa shape index (κ3) is 2.94. The van der Waals surface area contributed by atoms with Crippen molar-refractivity contribution in [2.75, 3.05) is 11.1 Å². The largest absolute Gasteiger partial charge is 0.335 e. The Morgan fingerprint density at radius 2 is 2.16 bits per heavy atom. The smallest absolute Gasteiger partial charge is 0.161 e. The van der Waals surface area contributed by atoms with Gasteiger partial charge in [-0.2, -0.15) is 0 Å². The van der Waals surface area contributed by atoms with E-state index in [0.717, 1.165) is 28.1 Å². The Balaban J connectivity index is 1.76. The van der Waals surface area contributed by atoms with E-state index in [1.165, 1.54) is 31.7 Å². The van der Waals surface area contributed by atoms with Crippen molar-refractivity contribution in [3.05, 3.63) is 29.6 Å². The summed E-state index contributed by atoms with van der Waals surface area (Å²) in [5.41, 5.74) is 1.89. The van der Waals surface area contributed by atoms with Gasteiger partial charge in [-0.1, -0.05) is 30.7 Å². The molecule has 0 saturated heterocycles. The summed E-state index contributed by atoms with van der Waals surface area (Å²) in [6, 6.07) is 5.32. The van der Waals surface area contributed by atoms with Crippen LogP contribution in [0.5, 0.6) is 0 Å². The molecule has 1 saturated carbocycles. The highest BCUT2D eigenvalue weighted by Gasteiger charge is 2.29. The topological polar surface area (TPSA) is 24.4 Å². The lowest BCUT2D eigenvalue weighted by Gasteiger charge is -2.32. The number of nitrogens with zero attached hydrogens (tertiary/aromatic N) is 1. The Morgan fingerprint density at radius 1 is 1.32 bits per heavy atom. The molecule has 1 aromatic rings. The second-order valence-corrected chi connectivity index (χ2v) is 6.45. The van der Waals surface area contributed by atoms with Gasteiger partial charge in [-0.25, -0.2) is 4.39 Å². The van der Waals surface area contributed by atoms with Crippen LogP contribution in [0.15, 0.2) is 23.2 Å². The van der Waals surface area contributed by atoms with E-state index in [1.807, 2.05) is 6.92 Å². The number of hydrogen-bond donors (Lipinski definition) is 1. The number of aryl methyl sites for hydroxylation is 1. The molecule has 1 aliphatic heterocycles. The van der Waals surface area contributed by atoms with Crippen molar-refractivity contribution in [2.24, 2.45) is 10.9 Å². The molecule has 1 aromatic carbocycles.